The number of nitro benzene ring substituents is 1. The molecule has 0 unspecified atom stereocenters. The molecule has 0 amide bonds. The molecule has 1 aromatic rings. The van der Waals surface area contributed by atoms with Gasteiger partial charge in [-0.15, -0.1) is 0 Å². The van der Waals surface area contributed by atoms with E-state index in [1.54, 1.807) is 0 Å². The average Bonchev–Trinajstić information content (AvgIpc) is 2.16. The highest BCUT2D eigenvalue weighted by Crippen LogP contribution is 2.22. The number of carboxylic acids is 1. The summed E-state index contributed by atoms with van der Waals surface area (Å²) in [6, 6.07) is 2.83. The van der Waals surface area contributed by atoms with Gasteiger partial charge in [0.25, 0.3) is 0 Å². The van der Waals surface area contributed by atoms with Crippen LogP contribution in [0.5, 0.6) is 5.75 Å². The molecule has 6 nitrogen and oxygen atoms in total. The fourth-order valence-electron chi connectivity index (χ4n) is 0.964. The quantitative estimate of drug-likeness (QED) is 0.625. The molecule has 16 heavy (non-hydrogen) atoms. The van der Waals surface area contributed by atoms with Gasteiger partial charge < -0.3 is 9.84 Å². The number of hydrogen-bond acceptors (Lipinski definition) is 4. The monoisotopic (exact) mass is 229 g/mol. The van der Waals surface area contributed by atoms with Crippen LogP contribution in [0.1, 0.15) is 6.92 Å². The fourth-order valence-corrected chi connectivity index (χ4v) is 0.964. The predicted octanol–water partition coefficient (Wildman–Crippen LogP) is 1.59. The molecule has 0 saturated carbocycles. The lowest BCUT2D eigenvalue weighted by Gasteiger charge is -2.09. The van der Waals surface area contributed by atoms with Crippen molar-refractivity contribution >= 4 is 11.7 Å². The molecule has 0 fully saturated rings. The van der Waals surface area contributed by atoms with Gasteiger partial charge in [-0.05, 0) is 13.0 Å². The van der Waals surface area contributed by atoms with Crippen molar-refractivity contribution in [2.45, 2.75) is 13.0 Å². The van der Waals surface area contributed by atoms with Crippen molar-refractivity contribution < 1.29 is 24.0 Å². The minimum Gasteiger partial charge on any atom is -0.479 e. The van der Waals surface area contributed by atoms with Gasteiger partial charge in [-0.3, -0.25) is 10.1 Å². The molecule has 86 valence electrons. The van der Waals surface area contributed by atoms with Gasteiger partial charge in [-0.2, -0.15) is 4.39 Å². The molecular weight excluding hydrogens is 221 g/mol. The maximum atomic E-state index is 13.1. The molecule has 1 N–H and O–H groups in total. The first-order valence-corrected chi connectivity index (χ1v) is 4.25. The maximum absolute atomic E-state index is 13.1. The second-order valence-corrected chi connectivity index (χ2v) is 2.97. The molecular formula is C9H8FNO5. The number of halogens is 1. The number of hydrogen-bond donors (Lipinski definition) is 1. The second-order valence-electron chi connectivity index (χ2n) is 2.97. The van der Waals surface area contributed by atoms with Crippen LogP contribution in [0.3, 0.4) is 0 Å². The van der Waals surface area contributed by atoms with E-state index in [1.165, 1.54) is 6.92 Å². The van der Waals surface area contributed by atoms with Gasteiger partial charge in [0.05, 0.1) is 4.92 Å². The lowest BCUT2D eigenvalue weighted by atomic mass is 10.3. The van der Waals surface area contributed by atoms with Crippen LogP contribution in [0.2, 0.25) is 0 Å². The first-order valence-electron chi connectivity index (χ1n) is 4.25. The molecule has 1 rings (SSSR count). The summed E-state index contributed by atoms with van der Waals surface area (Å²) in [4.78, 5) is 19.9. The molecule has 0 saturated heterocycles. The molecule has 0 aliphatic rings. The summed E-state index contributed by atoms with van der Waals surface area (Å²) < 4.78 is 17.9. The standard InChI is InChI=1S/C9H8FNO5/c1-5(9(12)13)16-6-2-3-8(11(14)15)7(10)4-6/h2-5H,1H3,(H,12,13)/t5-/m0/s1. The first kappa shape index (κ1) is 11.9. The van der Waals surface area contributed by atoms with Crippen LogP contribution in [0, 0.1) is 15.9 Å². The van der Waals surface area contributed by atoms with Crippen molar-refractivity contribution in [3.63, 3.8) is 0 Å². The SMILES string of the molecule is C[C@H](Oc1ccc([N+](=O)[O-])c(F)c1)C(=O)O. The zero-order valence-electron chi connectivity index (χ0n) is 8.21. The van der Waals surface area contributed by atoms with Crippen molar-refractivity contribution in [1.29, 1.82) is 0 Å². The van der Waals surface area contributed by atoms with Gasteiger partial charge in [0.2, 0.25) is 5.82 Å². The van der Waals surface area contributed by atoms with Crippen molar-refractivity contribution in [3.8, 4) is 5.75 Å². The van der Waals surface area contributed by atoms with E-state index in [-0.39, 0.29) is 5.75 Å². The topological polar surface area (TPSA) is 89.7 Å². The molecule has 7 heteroatoms. The largest absolute Gasteiger partial charge is 0.479 e. The van der Waals surface area contributed by atoms with E-state index in [0.29, 0.717) is 0 Å². The third kappa shape index (κ3) is 2.66. The lowest BCUT2D eigenvalue weighted by Crippen LogP contribution is -2.22. The van der Waals surface area contributed by atoms with Crippen LogP contribution in [0.15, 0.2) is 18.2 Å². The van der Waals surface area contributed by atoms with Gasteiger partial charge in [-0.1, -0.05) is 0 Å². The zero-order valence-corrected chi connectivity index (χ0v) is 8.21. The summed E-state index contributed by atoms with van der Waals surface area (Å²) in [7, 11) is 0. The van der Waals surface area contributed by atoms with Gasteiger partial charge >= 0.3 is 11.7 Å². The number of aliphatic carboxylic acids is 1. The van der Waals surface area contributed by atoms with E-state index < -0.39 is 28.5 Å². The Morgan fingerprint density at radius 1 is 1.62 bits per heavy atom. The van der Waals surface area contributed by atoms with Crippen LogP contribution in [0.25, 0.3) is 0 Å². The number of ether oxygens (including phenoxy) is 1. The van der Waals surface area contributed by atoms with Crippen molar-refractivity contribution in [2.24, 2.45) is 0 Å². The number of benzene rings is 1. The zero-order chi connectivity index (χ0) is 12.3. The Hall–Kier alpha value is -2.18. The van der Waals surface area contributed by atoms with Crippen molar-refractivity contribution in [2.75, 3.05) is 0 Å². The molecule has 1 atom stereocenters. The summed E-state index contributed by atoms with van der Waals surface area (Å²) in [6.07, 6.45) is -1.15. The fraction of sp³-hybridized carbons (Fsp3) is 0.222. The van der Waals surface area contributed by atoms with Crippen LogP contribution in [-0.2, 0) is 4.79 Å². The molecule has 0 radical (unpaired) electrons. The van der Waals surface area contributed by atoms with E-state index in [2.05, 4.69) is 0 Å². The van der Waals surface area contributed by atoms with Crippen LogP contribution >= 0.6 is 0 Å². The Bertz CT molecular complexity index is 434. The molecule has 1 aromatic carbocycles. The van der Waals surface area contributed by atoms with Crippen LogP contribution in [0.4, 0.5) is 10.1 Å². The molecule has 0 aliphatic carbocycles. The van der Waals surface area contributed by atoms with E-state index >= 15 is 0 Å². The van der Waals surface area contributed by atoms with Crippen LogP contribution in [-0.4, -0.2) is 22.1 Å². The van der Waals surface area contributed by atoms with E-state index in [0.717, 1.165) is 18.2 Å². The number of nitrogens with zero attached hydrogens (tertiary/aromatic N) is 1. The molecule has 0 heterocycles. The Kier molecular flexibility index (Phi) is 3.39. The minimum atomic E-state index is -1.21. The normalized spacial score (nSPS) is 11.9. The molecule has 0 spiro atoms. The predicted molar refractivity (Wildman–Crippen MR) is 50.8 cm³/mol. The summed E-state index contributed by atoms with van der Waals surface area (Å²) in [6.45, 7) is 1.27. The first-order chi connectivity index (χ1) is 7.41. The smallest absolute Gasteiger partial charge is 0.344 e. The molecule has 0 bridgehead atoms. The number of carboxylic acid groups (broad SMARTS) is 1. The third-order valence-corrected chi connectivity index (χ3v) is 1.78. The maximum Gasteiger partial charge on any atom is 0.344 e. The summed E-state index contributed by atoms with van der Waals surface area (Å²) in [5.74, 6) is -2.35. The van der Waals surface area contributed by atoms with Gasteiger partial charge in [0.1, 0.15) is 5.75 Å². The Morgan fingerprint density at radius 2 is 2.25 bits per heavy atom. The average molecular weight is 229 g/mol. The Balaban J connectivity index is 2.89. The van der Waals surface area contributed by atoms with Gasteiger partial charge in [0.15, 0.2) is 6.10 Å². The van der Waals surface area contributed by atoms with Gasteiger partial charge in [0, 0.05) is 12.1 Å². The van der Waals surface area contributed by atoms with Crippen molar-refractivity contribution in [3.05, 3.63) is 34.1 Å². The second kappa shape index (κ2) is 4.56. The summed E-state index contributed by atoms with van der Waals surface area (Å²) >= 11 is 0. The summed E-state index contributed by atoms with van der Waals surface area (Å²) in [5, 5.41) is 18.8. The van der Waals surface area contributed by atoms with Gasteiger partial charge in [-0.25, -0.2) is 4.79 Å². The van der Waals surface area contributed by atoms with E-state index in [1.807, 2.05) is 0 Å². The van der Waals surface area contributed by atoms with Crippen LogP contribution < -0.4 is 4.74 Å². The number of nitro groups is 1. The highest BCUT2D eigenvalue weighted by molar-refractivity contribution is 5.72. The Labute approximate surface area is 89.4 Å². The highest BCUT2D eigenvalue weighted by Gasteiger charge is 2.17. The summed E-state index contributed by atoms with van der Waals surface area (Å²) in [5.41, 5.74) is -0.685. The van der Waals surface area contributed by atoms with Crippen molar-refractivity contribution in [1.82, 2.24) is 0 Å². The Morgan fingerprint density at radius 3 is 2.69 bits per heavy atom. The molecule has 0 aliphatic heterocycles. The number of carbonyl (C=O) groups is 1. The number of rotatable bonds is 4. The van der Waals surface area contributed by atoms with E-state index in [9.17, 15) is 19.3 Å². The minimum absolute atomic E-state index is 0.0713. The highest BCUT2D eigenvalue weighted by atomic mass is 19.1. The van der Waals surface area contributed by atoms with E-state index in [4.69, 9.17) is 9.84 Å². The molecule has 0 aromatic heterocycles. The lowest BCUT2D eigenvalue weighted by molar-refractivity contribution is -0.387. The third-order valence-electron chi connectivity index (χ3n) is 1.78.